The van der Waals surface area contributed by atoms with Crippen molar-refractivity contribution in [1.29, 1.82) is 0 Å². The van der Waals surface area contributed by atoms with Crippen LogP contribution < -0.4 is 10.6 Å². The van der Waals surface area contributed by atoms with E-state index >= 15 is 0 Å². The quantitative estimate of drug-likeness (QED) is 0.151. The summed E-state index contributed by atoms with van der Waals surface area (Å²) in [5.74, 6) is -1.84. The number of aromatic nitrogens is 1. The normalized spacial score (nSPS) is 28.5. The van der Waals surface area contributed by atoms with Gasteiger partial charge in [0.25, 0.3) is 5.91 Å². The number of carboxylic acid groups (broad SMARTS) is 1. The molecule has 3 N–H and O–H groups in total. The summed E-state index contributed by atoms with van der Waals surface area (Å²) in [6.45, 7) is 3.61. The summed E-state index contributed by atoms with van der Waals surface area (Å²) < 4.78 is 0. The van der Waals surface area contributed by atoms with Crippen LogP contribution in [0.25, 0.3) is 0 Å². The predicted molar refractivity (Wildman–Crippen MR) is 122 cm³/mol. The van der Waals surface area contributed by atoms with Crippen LogP contribution in [-0.2, 0) is 24.0 Å². The van der Waals surface area contributed by atoms with Crippen LogP contribution in [0.2, 0.25) is 0 Å². The van der Waals surface area contributed by atoms with E-state index in [-0.39, 0.29) is 40.8 Å². The van der Waals surface area contributed by atoms with Gasteiger partial charge in [0, 0.05) is 17.7 Å². The Kier molecular flexibility index (Phi) is 6.51. The fourth-order valence-electron chi connectivity index (χ4n) is 3.66. The van der Waals surface area contributed by atoms with E-state index in [9.17, 15) is 24.3 Å². The predicted octanol–water partition coefficient (Wildman–Crippen LogP) is 0.808. The molecule has 2 aliphatic heterocycles. The number of thiazole rings is 1. The standard InChI is InChI=1S/C20H21N5O6S2/c1-2-20(18(29)30)8-25-16(28)14(17(25)33-9-20)23-15(27)13(24-31-11-5-3-4-6-11)12-7-32-19(22-12)21-10-26/h2-3,5,7,10-11,14,17H,1,4,6,8-9H2,(H,23,27)(H,29,30)(H,21,22,26)/t11?,14?,17-,20?/m1/s1. The van der Waals surface area contributed by atoms with E-state index in [1.807, 2.05) is 12.2 Å². The van der Waals surface area contributed by atoms with Gasteiger partial charge < -0.3 is 25.5 Å². The Balaban J connectivity index is 1.49. The highest BCUT2D eigenvalue weighted by molar-refractivity contribution is 8.00. The highest BCUT2D eigenvalue weighted by Crippen LogP contribution is 2.42. The topological polar surface area (TPSA) is 150 Å². The molecule has 4 atom stereocenters. The van der Waals surface area contributed by atoms with Crippen molar-refractivity contribution in [3.8, 4) is 0 Å². The van der Waals surface area contributed by atoms with Gasteiger partial charge in [0.2, 0.25) is 12.3 Å². The smallest absolute Gasteiger partial charge is 0.316 e. The van der Waals surface area contributed by atoms with Crippen molar-refractivity contribution in [2.75, 3.05) is 17.6 Å². The van der Waals surface area contributed by atoms with Crippen molar-refractivity contribution in [2.45, 2.75) is 30.4 Å². The van der Waals surface area contributed by atoms with Crippen LogP contribution >= 0.6 is 23.1 Å². The average Bonchev–Trinajstić information content (AvgIpc) is 3.50. The number of amides is 3. The van der Waals surface area contributed by atoms with Crippen LogP contribution in [0.3, 0.4) is 0 Å². The largest absolute Gasteiger partial charge is 0.481 e. The molecule has 0 spiro atoms. The van der Waals surface area contributed by atoms with Crippen molar-refractivity contribution in [3.63, 3.8) is 0 Å². The maximum atomic E-state index is 13.1. The number of aliphatic carboxylic acids is 1. The number of hydrogen-bond acceptors (Lipinski definition) is 9. The summed E-state index contributed by atoms with van der Waals surface area (Å²) in [4.78, 5) is 59.2. The molecule has 0 aromatic carbocycles. The zero-order chi connectivity index (χ0) is 23.6. The number of hydrogen-bond donors (Lipinski definition) is 3. The molecule has 13 heteroatoms. The van der Waals surface area contributed by atoms with E-state index in [0.29, 0.717) is 6.41 Å². The highest BCUT2D eigenvalue weighted by Gasteiger charge is 2.56. The number of rotatable bonds is 9. The second-order valence-corrected chi connectivity index (χ2v) is 9.64. The van der Waals surface area contributed by atoms with Crippen LogP contribution in [0, 0.1) is 5.41 Å². The summed E-state index contributed by atoms with van der Waals surface area (Å²) in [5, 5.41) is 20.1. The number of nitrogens with one attached hydrogen (secondary N) is 2. The Hall–Kier alpha value is -3.19. The Labute approximate surface area is 196 Å². The molecule has 3 unspecified atom stereocenters. The van der Waals surface area contributed by atoms with E-state index in [0.717, 1.165) is 24.2 Å². The maximum absolute atomic E-state index is 13.1. The van der Waals surface area contributed by atoms with E-state index in [2.05, 4.69) is 27.4 Å². The Morgan fingerprint density at radius 1 is 1.45 bits per heavy atom. The summed E-state index contributed by atoms with van der Waals surface area (Å²) >= 11 is 2.39. The van der Waals surface area contributed by atoms with Gasteiger partial charge in [-0.15, -0.1) is 29.7 Å². The van der Waals surface area contributed by atoms with Crippen LogP contribution in [0.4, 0.5) is 5.13 Å². The number of fused-ring (bicyclic) bond motifs is 1. The molecule has 2 fully saturated rings. The molecule has 1 aliphatic carbocycles. The zero-order valence-corrected chi connectivity index (χ0v) is 18.9. The number of carboxylic acids is 1. The van der Waals surface area contributed by atoms with Gasteiger partial charge in [-0.2, -0.15) is 0 Å². The van der Waals surface area contributed by atoms with Crippen molar-refractivity contribution >= 4 is 58.1 Å². The molecule has 174 valence electrons. The van der Waals surface area contributed by atoms with Gasteiger partial charge in [0.1, 0.15) is 28.6 Å². The molecule has 2 saturated heterocycles. The van der Waals surface area contributed by atoms with E-state index in [1.54, 1.807) is 5.38 Å². The summed E-state index contributed by atoms with van der Waals surface area (Å²) in [6, 6.07) is -0.832. The third-order valence-corrected chi connectivity index (χ3v) is 7.92. The minimum absolute atomic E-state index is 0.000410. The molecule has 0 bridgehead atoms. The first-order valence-electron chi connectivity index (χ1n) is 10.0. The Bertz CT molecular complexity index is 1060. The number of anilines is 1. The minimum atomic E-state index is -1.22. The molecule has 0 radical (unpaired) electrons. The van der Waals surface area contributed by atoms with Crippen LogP contribution in [0.15, 0.2) is 35.3 Å². The number of carbonyl (C=O) groups excluding carboxylic acids is 3. The van der Waals surface area contributed by atoms with Gasteiger partial charge >= 0.3 is 5.97 Å². The molecule has 4 rings (SSSR count). The first-order valence-corrected chi connectivity index (χ1v) is 12.0. The Morgan fingerprint density at radius 3 is 2.94 bits per heavy atom. The van der Waals surface area contributed by atoms with Crippen molar-refractivity contribution in [2.24, 2.45) is 10.6 Å². The summed E-state index contributed by atoms with van der Waals surface area (Å²) in [7, 11) is 0. The van der Waals surface area contributed by atoms with Gasteiger partial charge in [-0.05, 0) is 18.9 Å². The lowest BCUT2D eigenvalue weighted by molar-refractivity contribution is -0.156. The monoisotopic (exact) mass is 491 g/mol. The van der Waals surface area contributed by atoms with Crippen LogP contribution in [0.5, 0.6) is 0 Å². The van der Waals surface area contributed by atoms with Gasteiger partial charge in [-0.25, -0.2) is 4.98 Å². The van der Waals surface area contributed by atoms with Crippen LogP contribution in [0.1, 0.15) is 18.5 Å². The maximum Gasteiger partial charge on any atom is 0.316 e. The lowest BCUT2D eigenvalue weighted by Crippen LogP contribution is -2.73. The van der Waals surface area contributed by atoms with Crippen LogP contribution in [-0.4, -0.2) is 74.7 Å². The first kappa shape index (κ1) is 23.0. The molecule has 3 amide bonds. The van der Waals surface area contributed by atoms with Crippen molar-refractivity contribution in [3.05, 3.63) is 35.9 Å². The van der Waals surface area contributed by atoms with Crippen molar-refractivity contribution in [1.82, 2.24) is 15.2 Å². The molecule has 3 heterocycles. The van der Waals surface area contributed by atoms with Gasteiger partial charge in [-0.3, -0.25) is 19.2 Å². The van der Waals surface area contributed by atoms with E-state index in [1.165, 1.54) is 22.7 Å². The van der Waals surface area contributed by atoms with Gasteiger partial charge in [0.15, 0.2) is 10.8 Å². The van der Waals surface area contributed by atoms with E-state index in [4.69, 9.17) is 4.84 Å². The zero-order valence-electron chi connectivity index (χ0n) is 17.3. The number of oxime groups is 1. The average molecular weight is 492 g/mol. The van der Waals surface area contributed by atoms with Gasteiger partial charge in [0.05, 0.1) is 0 Å². The molecular weight excluding hydrogens is 470 g/mol. The molecular formula is C20H21N5O6S2. The highest BCUT2D eigenvalue weighted by atomic mass is 32.2. The molecule has 1 aromatic rings. The Morgan fingerprint density at radius 2 is 2.27 bits per heavy atom. The summed E-state index contributed by atoms with van der Waals surface area (Å²) in [5.41, 5.74) is -1.15. The fraction of sp³-hybridized carbons (Fsp3) is 0.400. The third-order valence-electron chi connectivity index (χ3n) is 5.60. The van der Waals surface area contributed by atoms with Gasteiger partial charge in [-0.1, -0.05) is 17.3 Å². The fourth-order valence-corrected chi connectivity index (χ4v) is 5.85. The number of β-lactam (4-membered cyclic amide) rings is 1. The summed E-state index contributed by atoms with van der Waals surface area (Å²) in [6.07, 6.45) is 6.94. The lowest BCUT2D eigenvalue weighted by Gasteiger charge is -2.53. The molecule has 11 nitrogen and oxygen atoms in total. The second kappa shape index (κ2) is 9.35. The number of thioether (sulfide) groups is 1. The SMILES string of the molecule is C=CC1(C(=O)O)CS[C@@H]2C(NC(=O)C(=NOC3C=CCC3)c3csc(NC=O)n3)C(=O)N2C1. The number of allylic oxidation sites excluding steroid dienone is 1. The molecule has 33 heavy (non-hydrogen) atoms. The molecule has 1 aromatic heterocycles. The van der Waals surface area contributed by atoms with Crippen molar-refractivity contribution < 1.29 is 29.1 Å². The van der Waals surface area contributed by atoms with E-state index < -0.39 is 28.7 Å². The molecule has 0 saturated carbocycles. The lowest BCUT2D eigenvalue weighted by atomic mass is 9.87. The number of nitrogens with zero attached hydrogens (tertiary/aromatic N) is 3. The molecule has 3 aliphatic rings. The third kappa shape index (κ3) is 4.37. The number of carbonyl (C=O) groups is 4. The first-order chi connectivity index (χ1) is 15.9. The minimum Gasteiger partial charge on any atom is -0.481 e. The second-order valence-electron chi connectivity index (χ2n) is 7.67.